The number of aromatic nitrogens is 1. The Morgan fingerprint density at radius 1 is 1.46 bits per heavy atom. The Hall–Kier alpha value is -1.75. The summed E-state index contributed by atoms with van der Waals surface area (Å²) in [5, 5.41) is 18.0. The largest absolute Gasteiger partial charge is 0.506 e. The second-order valence-corrected chi connectivity index (χ2v) is 2.64. The van der Waals surface area contributed by atoms with Crippen LogP contribution in [-0.2, 0) is 6.61 Å². The van der Waals surface area contributed by atoms with Gasteiger partial charge in [0.05, 0.1) is 5.69 Å². The van der Waals surface area contributed by atoms with Crippen LogP contribution in [0.25, 0.3) is 11.1 Å². The van der Waals surface area contributed by atoms with E-state index in [1.807, 2.05) is 0 Å². The summed E-state index contributed by atoms with van der Waals surface area (Å²) in [7, 11) is 0. The number of hydrogen-bond donors (Lipinski definition) is 3. The maximum absolute atomic E-state index is 9.23. The number of oxazole rings is 1. The van der Waals surface area contributed by atoms with E-state index in [9.17, 15) is 5.11 Å². The molecule has 0 amide bonds. The van der Waals surface area contributed by atoms with E-state index in [1.165, 1.54) is 12.1 Å². The van der Waals surface area contributed by atoms with E-state index in [1.54, 1.807) is 0 Å². The van der Waals surface area contributed by atoms with E-state index in [-0.39, 0.29) is 23.9 Å². The molecule has 2 rings (SSSR count). The molecule has 5 nitrogen and oxygen atoms in total. The zero-order valence-electron chi connectivity index (χ0n) is 6.69. The average Bonchev–Trinajstić information content (AvgIpc) is 2.48. The fraction of sp³-hybridized carbons (Fsp3) is 0.125. The van der Waals surface area contributed by atoms with Crippen LogP contribution in [0.1, 0.15) is 5.89 Å². The van der Waals surface area contributed by atoms with Gasteiger partial charge in [-0.1, -0.05) is 0 Å². The SMILES string of the molecule is Nc1cc2oc(CO)nc2cc1O. The van der Waals surface area contributed by atoms with Crippen LogP contribution in [0, 0.1) is 0 Å². The van der Waals surface area contributed by atoms with Crippen LogP contribution in [0.15, 0.2) is 16.5 Å². The van der Waals surface area contributed by atoms with Gasteiger partial charge in [0, 0.05) is 12.1 Å². The van der Waals surface area contributed by atoms with Gasteiger partial charge < -0.3 is 20.4 Å². The molecule has 4 N–H and O–H groups in total. The molecule has 1 aromatic heterocycles. The molecule has 0 unspecified atom stereocenters. The number of aliphatic hydroxyl groups excluding tert-OH is 1. The molecular weight excluding hydrogens is 172 g/mol. The van der Waals surface area contributed by atoms with Crippen LogP contribution in [0.2, 0.25) is 0 Å². The summed E-state index contributed by atoms with van der Waals surface area (Å²) in [6, 6.07) is 2.87. The first-order valence-corrected chi connectivity index (χ1v) is 3.69. The van der Waals surface area contributed by atoms with Gasteiger partial charge in [0.2, 0.25) is 5.89 Å². The first-order chi connectivity index (χ1) is 6.20. The fourth-order valence-electron chi connectivity index (χ4n) is 1.09. The Labute approximate surface area is 73.4 Å². The fourth-order valence-corrected chi connectivity index (χ4v) is 1.09. The molecule has 0 spiro atoms. The summed E-state index contributed by atoms with van der Waals surface area (Å²) in [6.07, 6.45) is 0. The average molecular weight is 180 g/mol. The summed E-state index contributed by atoms with van der Waals surface area (Å²) in [6.45, 7) is -0.269. The molecule has 0 fully saturated rings. The highest BCUT2D eigenvalue weighted by atomic mass is 16.4. The highest BCUT2D eigenvalue weighted by Gasteiger charge is 2.07. The van der Waals surface area contributed by atoms with Crippen LogP contribution in [0.4, 0.5) is 5.69 Å². The van der Waals surface area contributed by atoms with Crippen LogP contribution < -0.4 is 5.73 Å². The van der Waals surface area contributed by atoms with Gasteiger partial charge in [-0.2, -0.15) is 0 Å². The third-order valence-corrected chi connectivity index (χ3v) is 1.72. The summed E-state index contributed by atoms with van der Waals surface area (Å²) >= 11 is 0. The van der Waals surface area contributed by atoms with Crippen molar-refractivity contribution in [1.82, 2.24) is 4.98 Å². The molecule has 0 saturated heterocycles. The lowest BCUT2D eigenvalue weighted by Gasteiger charge is -1.95. The topological polar surface area (TPSA) is 92.5 Å². The van der Waals surface area contributed by atoms with E-state index in [2.05, 4.69) is 4.98 Å². The third-order valence-electron chi connectivity index (χ3n) is 1.72. The molecule has 0 radical (unpaired) electrons. The van der Waals surface area contributed by atoms with Crippen LogP contribution in [0.3, 0.4) is 0 Å². The minimum absolute atomic E-state index is 0.0368. The number of fused-ring (bicyclic) bond motifs is 1. The van der Waals surface area contributed by atoms with Crippen LogP contribution in [0.5, 0.6) is 5.75 Å². The molecule has 0 aliphatic heterocycles. The number of nitrogens with zero attached hydrogens (tertiary/aromatic N) is 1. The van der Waals surface area contributed by atoms with Gasteiger partial charge in [-0.3, -0.25) is 0 Å². The predicted molar refractivity (Wildman–Crippen MR) is 46.0 cm³/mol. The molecule has 2 aromatic rings. The number of nitrogens with two attached hydrogens (primary N) is 1. The minimum atomic E-state index is -0.269. The Balaban J connectivity index is 2.70. The normalized spacial score (nSPS) is 10.8. The van der Waals surface area contributed by atoms with Gasteiger partial charge in [0.25, 0.3) is 0 Å². The first kappa shape index (κ1) is 7.88. The standard InChI is InChI=1S/C8H8N2O3/c9-4-1-7-5(2-6(4)12)10-8(3-11)13-7/h1-2,11-12H,3,9H2. The lowest BCUT2D eigenvalue weighted by atomic mass is 10.3. The Kier molecular flexibility index (Phi) is 1.60. The van der Waals surface area contributed by atoms with E-state index in [4.69, 9.17) is 15.3 Å². The van der Waals surface area contributed by atoms with Crippen LogP contribution in [-0.4, -0.2) is 15.2 Å². The number of benzene rings is 1. The lowest BCUT2D eigenvalue weighted by Crippen LogP contribution is -1.84. The second-order valence-electron chi connectivity index (χ2n) is 2.64. The van der Waals surface area contributed by atoms with E-state index >= 15 is 0 Å². The zero-order valence-corrected chi connectivity index (χ0v) is 6.69. The molecule has 0 aliphatic carbocycles. The second kappa shape index (κ2) is 2.63. The summed E-state index contributed by atoms with van der Waals surface area (Å²) in [5.41, 5.74) is 6.61. The third kappa shape index (κ3) is 1.19. The Morgan fingerprint density at radius 2 is 2.23 bits per heavy atom. The minimum Gasteiger partial charge on any atom is -0.506 e. The Bertz CT molecular complexity index is 411. The molecular formula is C8H8N2O3. The first-order valence-electron chi connectivity index (χ1n) is 3.69. The van der Waals surface area contributed by atoms with E-state index in [0.29, 0.717) is 11.1 Å². The van der Waals surface area contributed by atoms with Gasteiger partial charge in [-0.15, -0.1) is 0 Å². The maximum atomic E-state index is 9.23. The number of anilines is 1. The summed E-state index contributed by atoms with van der Waals surface area (Å²) in [4.78, 5) is 3.90. The van der Waals surface area contributed by atoms with Crippen molar-refractivity contribution in [3.8, 4) is 5.75 Å². The van der Waals surface area contributed by atoms with Gasteiger partial charge in [0.1, 0.15) is 17.9 Å². The number of hydrogen-bond acceptors (Lipinski definition) is 5. The number of aliphatic hydroxyl groups is 1. The summed E-state index contributed by atoms with van der Waals surface area (Å²) in [5.74, 6) is 0.172. The van der Waals surface area contributed by atoms with E-state index in [0.717, 1.165) is 0 Å². The number of phenols is 1. The van der Waals surface area contributed by atoms with Crippen LogP contribution >= 0.6 is 0 Å². The Morgan fingerprint density at radius 3 is 2.92 bits per heavy atom. The van der Waals surface area contributed by atoms with Crippen molar-refractivity contribution in [1.29, 1.82) is 0 Å². The molecule has 5 heteroatoms. The predicted octanol–water partition coefficient (Wildman–Crippen LogP) is 0.608. The monoisotopic (exact) mass is 180 g/mol. The highest BCUT2D eigenvalue weighted by molar-refractivity contribution is 5.80. The van der Waals surface area contributed by atoms with Gasteiger partial charge in [0.15, 0.2) is 5.58 Å². The van der Waals surface area contributed by atoms with Crippen molar-refractivity contribution in [3.05, 3.63) is 18.0 Å². The van der Waals surface area contributed by atoms with Crippen molar-refractivity contribution in [3.63, 3.8) is 0 Å². The molecule has 13 heavy (non-hydrogen) atoms. The van der Waals surface area contributed by atoms with Crippen molar-refractivity contribution in [2.75, 3.05) is 5.73 Å². The smallest absolute Gasteiger partial charge is 0.221 e. The van der Waals surface area contributed by atoms with Crippen molar-refractivity contribution < 1.29 is 14.6 Å². The molecule has 0 atom stereocenters. The van der Waals surface area contributed by atoms with Crippen molar-refractivity contribution in [2.24, 2.45) is 0 Å². The van der Waals surface area contributed by atoms with E-state index < -0.39 is 0 Å². The molecule has 1 aromatic carbocycles. The van der Waals surface area contributed by atoms with Crippen molar-refractivity contribution in [2.45, 2.75) is 6.61 Å². The van der Waals surface area contributed by atoms with Gasteiger partial charge >= 0.3 is 0 Å². The summed E-state index contributed by atoms with van der Waals surface area (Å²) < 4.78 is 5.10. The number of nitrogen functional groups attached to an aromatic ring is 1. The highest BCUT2D eigenvalue weighted by Crippen LogP contribution is 2.26. The quantitative estimate of drug-likeness (QED) is 0.441. The molecule has 0 aliphatic rings. The molecule has 0 bridgehead atoms. The molecule has 68 valence electrons. The van der Waals surface area contributed by atoms with Gasteiger partial charge in [-0.05, 0) is 0 Å². The number of rotatable bonds is 1. The molecule has 1 heterocycles. The number of aromatic hydroxyl groups is 1. The maximum Gasteiger partial charge on any atom is 0.221 e. The number of phenolic OH excluding ortho intramolecular Hbond substituents is 1. The van der Waals surface area contributed by atoms with Gasteiger partial charge in [-0.25, -0.2) is 4.98 Å². The lowest BCUT2D eigenvalue weighted by molar-refractivity contribution is 0.244. The molecule has 0 saturated carbocycles. The zero-order chi connectivity index (χ0) is 9.42. The van der Waals surface area contributed by atoms with Crippen molar-refractivity contribution >= 4 is 16.8 Å².